The topological polar surface area (TPSA) is 80.0 Å². The van der Waals surface area contributed by atoms with Gasteiger partial charge >= 0.3 is 5.63 Å². The Kier molecular flexibility index (Phi) is 4.62. The van der Waals surface area contributed by atoms with Crippen LogP contribution in [0.15, 0.2) is 27.4 Å². The van der Waals surface area contributed by atoms with Gasteiger partial charge < -0.3 is 19.2 Å². The molecule has 4 atom stereocenters. The number of ether oxygens (including phenoxy) is 1. The van der Waals surface area contributed by atoms with Crippen LogP contribution < -0.4 is 10.4 Å². The molecule has 1 saturated heterocycles. The average molecular weight is 397 g/mol. The molecule has 2 unspecified atom stereocenters. The van der Waals surface area contributed by atoms with Crippen molar-refractivity contribution in [2.24, 2.45) is 11.8 Å². The maximum Gasteiger partial charge on any atom is 0.339 e. The molecule has 154 valence electrons. The minimum atomic E-state index is -0.611. The molecule has 0 spiro atoms. The molecule has 3 aliphatic rings. The summed E-state index contributed by atoms with van der Waals surface area (Å²) in [6.45, 7) is 3.17. The first-order chi connectivity index (χ1) is 14.0. The lowest BCUT2D eigenvalue weighted by atomic mass is 9.91. The lowest BCUT2D eigenvalue weighted by Gasteiger charge is -2.23. The Hall–Kier alpha value is -2.34. The van der Waals surface area contributed by atoms with Crippen molar-refractivity contribution in [1.82, 2.24) is 4.90 Å². The number of carbonyl (C=O) groups is 1. The van der Waals surface area contributed by atoms with Crippen molar-refractivity contribution in [2.75, 3.05) is 13.1 Å². The molecule has 0 radical (unpaired) electrons. The van der Waals surface area contributed by atoms with E-state index in [0.29, 0.717) is 36.3 Å². The number of hydrogen-bond donors (Lipinski definition) is 1. The van der Waals surface area contributed by atoms with E-state index in [1.807, 2.05) is 17.0 Å². The van der Waals surface area contributed by atoms with Gasteiger partial charge in [-0.3, -0.25) is 4.79 Å². The van der Waals surface area contributed by atoms with Gasteiger partial charge in [0.25, 0.3) is 5.91 Å². The number of fused-ring (bicyclic) bond motifs is 4. The molecule has 6 nitrogen and oxygen atoms in total. The predicted octanol–water partition coefficient (Wildman–Crippen LogP) is 2.67. The monoisotopic (exact) mass is 397 g/mol. The van der Waals surface area contributed by atoms with E-state index >= 15 is 0 Å². The minimum Gasteiger partial charge on any atom is -0.481 e. The molecule has 1 N–H and O–H groups in total. The molecule has 2 aliphatic carbocycles. The Morgan fingerprint density at radius 1 is 1.17 bits per heavy atom. The van der Waals surface area contributed by atoms with Gasteiger partial charge in [0.2, 0.25) is 0 Å². The maximum absolute atomic E-state index is 12.8. The molecule has 2 aromatic rings. The summed E-state index contributed by atoms with van der Waals surface area (Å²) < 4.78 is 11.5. The number of aliphatic hydroxyl groups is 1. The van der Waals surface area contributed by atoms with E-state index in [0.717, 1.165) is 55.0 Å². The minimum absolute atomic E-state index is 0.0270. The zero-order chi connectivity index (χ0) is 20.1. The normalized spacial score (nSPS) is 27.0. The second-order valence-corrected chi connectivity index (χ2v) is 8.86. The molecule has 2 fully saturated rings. The summed E-state index contributed by atoms with van der Waals surface area (Å²) in [6, 6.07) is 5.52. The first-order valence-corrected chi connectivity index (χ1v) is 10.7. The van der Waals surface area contributed by atoms with Gasteiger partial charge in [-0.25, -0.2) is 4.79 Å². The molecule has 2 heterocycles. The molecule has 1 saturated carbocycles. The van der Waals surface area contributed by atoms with Crippen LogP contribution in [-0.2, 0) is 17.6 Å². The molecule has 1 aromatic carbocycles. The zero-order valence-corrected chi connectivity index (χ0v) is 16.7. The molecule has 1 aromatic heterocycles. The molecular formula is C23H27NO5. The summed E-state index contributed by atoms with van der Waals surface area (Å²) in [5.41, 5.74) is 2.19. The lowest BCUT2D eigenvalue weighted by Crippen LogP contribution is -2.39. The summed E-state index contributed by atoms with van der Waals surface area (Å²) >= 11 is 0. The number of carbonyl (C=O) groups excluding carboxylic acids is 1. The van der Waals surface area contributed by atoms with Gasteiger partial charge in [-0.2, -0.15) is 0 Å². The number of rotatable bonds is 3. The second-order valence-electron chi connectivity index (χ2n) is 8.86. The van der Waals surface area contributed by atoms with Crippen molar-refractivity contribution in [3.63, 3.8) is 0 Å². The van der Waals surface area contributed by atoms with Crippen molar-refractivity contribution in [1.29, 1.82) is 0 Å². The van der Waals surface area contributed by atoms with Crippen LogP contribution in [0, 0.1) is 11.8 Å². The highest BCUT2D eigenvalue weighted by atomic mass is 16.5. The number of aliphatic hydroxyl groups excluding tert-OH is 1. The van der Waals surface area contributed by atoms with Crippen molar-refractivity contribution in [3.8, 4) is 5.75 Å². The average Bonchev–Trinajstić information content (AvgIpc) is 3.25. The Labute approximate surface area is 169 Å². The maximum atomic E-state index is 12.8. The molecule has 1 aliphatic heterocycles. The van der Waals surface area contributed by atoms with Gasteiger partial charge in [-0.15, -0.1) is 0 Å². The third kappa shape index (κ3) is 3.33. The fourth-order valence-electron chi connectivity index (χ4n) is 5.46. The standard InChI is InChI=1S/C23H27NO5/c1-13(22(26)24-11-14-8-16(25)9-15(14)12-24)28-17-6-7-19-18-4-2-3-5-20(18)23(27)29-21(19)10-17/h6-7,10,13-16,25H,2-5,8-9,11-12H2,1H3/t13?,14-,15+,16?. The van der Waals surface area contributed by atoms with Gasteiger partial charge in [0.05, 0.1) is 6.10 Å². The van der Waals surface area contributed by atoms with Crippen LogP contribution in [0.5, 0.6) is 5.75 Å². The highest BCUT2D eigenvalue weighted by molar-refractivity contribution is 5.84. The van der Waals surface area contributed by atoms with Crippen LogP contribution >= 0.6 is 0 Å². The van der Waals surface area contributed by atoms with Crippen LogP contribution in [0.3, 0.4) is 0 Å². The van der Waals surface area contributed by atoms with Gasteiger partial charge in [0.15, 0.2) is 6.10 Å². The first-order valence-electron chi connectivity index (χ1n) is 10.7. The van der Waals surface area contributed by atoms with E-state index in [2.05, 4.69) is 0 Å². The second kappa shape index (κ2) is 7.17. The van der Waals surface area contributed by atoms with Crippen LogP contribution in [-0.4, -0.2) is 41.2 Å². The van der Waals surface area contributed by atoms with E-state index in [4.69, 9.17) is 9.15 Å². The van der Waals surface area contributed by atoms with Crippen molar-refractivity contribution < 1.29 is 19.1 Å². The van der Waals surface area contributed by atoms with Crippen molar-refractivity contribution in [3.05, 3.63) is 39.7 Å². The summed E-state index contributed by atoms with van der Waals surface area (Å²) in [5.74, 6) is 1.32. The molecule has 0 bridgehead atoms. The Balaban J connectivity index is 1.32. The van der Waals surface area contributed by atoms with Gasteiger partial charge in [-0.1, -0.05) is 0 Å². The summed E-state index contributed by atoms with van der Waals surface area (Å²) in [7, 11) is 0. The fourth-order valence-corrected chi connectivity index (χ4v) is 5.46. The smallest absolute Gasteiger partial charge is 0.339 e. The quantitative estimate of drug-likeness (QED) is 0.806. The van der Waals surface area contributed by atoms with Gasteiger partial charge in [0, 0.05) is 30.1 Å². The summed E-state index contributed by atoms with van der Waals surface area (Å²) in [4.78, 5) is 27.0. The largest absolute Gasteiger partial charge is 0.481 e. The van der Waals surface area contributed by atoms with Crippen LogP contribution in [0.2, 0.25) is 0 Å². The summed E-state index contributed by atoms with van der Waals surface area (Å²) in [5, 5.41) is 10.8. The third-order valence-corrected chi connectivity index (χ3v) is 6.89. The van der Waals surface area contributed by atoms with Gasteiger partial charge in [-0.05, 0) is 75.0 Å². The highest BCUT2D eigenvalue weighted by Gasteiger charge is 2.42. The third-order valence-electron chi connectivity index (χ3n) is 6.89. The summed E-state index contributed by atoms with van der Waals surface area (Å²) in [6.07, 6.45) is 4.56. The number of likely N-dealkylation sites (tertiary alicyclic amines) is 1. The predicted molar refractivity (Wildman–Crippen MR) is 108 cm³/mol. The fraction of sp³-hybridized carbons (Fsp3) is 0.565. The molecule has 29 heavy (non-hydrogen) atoms. The number of benzene rings is 1. The number of hydrogen-bond acceptors (Lipinski definition) is 5. The molecule has 1 amide bonds. The molecule has 5 rings (SSSR count). The van der Waals surface area contributed by atoms with Crippen molar-refractivity contribution >= 4 is 16.9 Å². The lowest BCUT2D eigenvalue weighted by molar-refractivity contribution is -0.137. The van der Waals surface area contributed by atoms with E-state index < -0.39 is 6.10 Å². The van der Waals surface area contributed by atoms with E-state index in [-0.39, 0.29) is 17.6 Å². The first kappa shape index (κ1) is 18.7. The van der Waals surface area contributed by atoms with Crippen LogP contribution in [0.1, 0.15) is 43.7 Å². The molecule has 6 heteroatoms. The van der Waals surface area contributed by atoms with E-state index in [1.54, 1.807) is 13.0 Å². The van der Waals surface area contributed by atoms with E-state index in [9.17, 15) is 14.7 Å². The number of nitrogens with zero attached hydrogens (tertiary/aromatic N) is 1. The SMILES string of the molecule is CC(Oc1ccc2c3c(c(=O)oc2c1)CCCC3)C(=O)N1C[C@H]2CC(O)C[C@H]2C1. The van der Waals surface area contributed by atoms with Crippen LogP contribution in [0.4, 0.5) is 0 Å². The Bertz CT molecular complexity index is 998. The Morgan fingerprint density at radius 2 is 1.86 bits per heavy atom. The van der Waals surface area contributed by atoms with E-state index in [1.165, 1.54) is 0 Å². The highest BCUT2D eigenvalue weighted by Crippen LogP contribution is 2.38. The van der Waals surface area contributed by atoms with Gasteiger partial charge in [0.1, 0.15) is 11.3 Å². The number of aryl methyl sites for hydroxylation is 1. The Morgan fingerprint density at radius 3 is 2.59 bits per heavy atom. The van der Waals surface area contributed by atoms with Crippen LogP contribution in [0.25, 0.3) is 11.0 Å². The number of amides is 1. The zero-order valence-electron chi connectivity index (χ0n) is 16.7. The van der Waals surface area contributed by atoms with Crippen molar-refractivity contribution in [2.45, 2.75) is 57.7 Å². The molecular weight excluding hydrogens is 370 g/mol.